The average Bonchev–Trinajstić information content (AvgIpc) is 2.30. The van der Waals surface area contributed by atoms with E-state index in [1.807, 2.05) is 14.0 Å². The van der Waals surface area contributed by atoms with E-state index in [0.717, 1.165) is 13.0 Å². The molecule has 4 heteroatoms. The molecule has 1 aliphatic rings. The molecule has 94 valence electrons. The molecule has 0 saturated carbocycles. The van der Waals surface area contributed by atoms with Gasteiger partial charge >= 0.3 is 0 Å². The molecule has 0 aromatic carbocycles. The van der Waals surface area contributed by atoms with Crippen LogP contribution in [0, 0.1) is 0 Å². The van der Waals surface area contributed by atoms with Gasteiger partial charge < -0.3 is 15.0 Å². The molecule has 1 heterocycles. The maximum atomic E-state index is 11.8. The van der Waals surface area contributed by atoms with Crippen LogP contribution in [0.5, 0.6) is 0 Å². The first-order valence-electron chi connectivity index (χ1n) is 6.29. The van der Waals surface area contributed by atoms with Crippen LogP contribution in [0.15, 0.2) is 0 Å². The van der Waals surface area contributed by atoms with E-state index in [-0.39, 0.29) is 5.91 Å². The second-order valence-electron chi connectivity index (χ2n) is 4.36. The number of hydrogen-bond acceptors (Lipinski definition) is 3. The Kier molecular flexibility index (Phi) is 6.42. The minimum Gasteiger partial charge on any atom is -0.380 e. The molecule has 1 rings (SSSR count). The summed E-state index contributed by atoms with van der Waals surface area (Å²) in [6.45, 7) is 5.07. The van der Waals surface area contributed by atoms with Gasteiger partial charge in [0.05, 0.1) is 6.61 Å². The number of carbonyl (C=O) groups is 1. The molecule has 0 aromatic heterocycles. The molecule has 1 aliphatic heterocycles. The lowest BCUT2D eigenvalue weighted by Gasteiger charge is -2.25. The molecule has 4 nitrogen and oxygen atoms in total. The van der Waals surface area contributed by atoms with E-state index in [0.29, 0.717) is 32.2 Å². The van der Waals surface area contributed by atoms with Crippen molar-refractivity contribution >= 4 is 5.91 Å². The van der Waals surface area contributed by atoms with Gasteiger partial charge in [0.15, 0.2) is 0 Å². The van der Waals surface area contributed by atoms with Gasteiger partial charge in [-0.2, -0.15) is 0 Å². The van der Waals surface area contributed by atoms with Crippen molar-refractivity contribution in [3.63, 3.8) is 0 Å². The van der Waals surface area contributed by atoms with Gasteiger partial charge in [-0.1, -0.05) is 6.42 Å². The molecule has 0 aromatic rings. The Morgan fingerprint density at radius 2 is 2.31 bits per heavy atom. The van der Waals surface area contributed by atoms with Crippen molar-refractivity contribution in [2.75, 3.05) is 33.4 Å². The lowest BCUT2D eigenvalue weighted by Crippen LogP contribution is -2.40. The van der Waals surface area contributed by atoms with Gasteiger partial charge in [0.2, 0.25) is 5.91 Å². The molecule has 1 unspecified atom stereocenters. The Hall–Kier alpha value is -0.610. The summed E-state index contributed by atoms with van der Waals surface area (Å²) in [6.07, 6.45) is 4.24. The van der Waals surface area contributed by atoms with E-state index < -0.39 is 0 Å². The second-order valence-corrected chi connectivity index (χ2v) is 4.36. The molecule has 1 fully saturated rings. The third-order valence-electron chi connectivity index (χ3n) is 3.03. The molecular formula is C12H24N2O2. The van der Waals surface area contributed by atoms with Crippen molar-refractivity contribution in [3.8, 4) is 0 Å². The maximum absolute atomic E-state index is 11.8. The van der Waals surface area contributed by atoms with E-state index >= 15 is 0 Å². The largest absolute Gasteiger partial charge is 0.380 e. The molecule has 1 saturated heterocycles. The van der Waals surface area contributed by atoms with Crippen LogP contribution in [-0.2, 0) is 9.53 Å². The molecule has 16 heavy (non-hydrogen) atoms. The van der Waals surface area contributed by atoms with Crippen molar-refractivity contribution in [1.29, 1.82) is 0 Å². The SMILES string of the molecule is CCOCCN(C)C(=O)CC1CCCCN1. The third-order valence-corrected chi connectivity index (χ3v) is 3.03. The number of piperidine rings is 1. The zero-order valence-electron chi connectivity index (χ0n) is 10.5. The van der Waals surface area contributed by atoms with Gasteiger partial charge in [-0.15, -0.1) is 0 Å². The molecule has 0 aliphatic carbocycles. The molecule has 0 radical (unpaired) electrons. The molecule has 1 N–H and O–H groups in total. The standard InChI is InChI=1S/C12H24N2O2/c1-3-16-9-8-14(2)12(15)10-11-6-4-5-7-13-11/h11,13H,3-10H2,1-2H3. The Labute approximate surface area is 98.3 Å². The number of rotatable bonds is 6. The summed E-state index contributed by atoms with van der Waals surface area (Å²) in [4.78, 5) is 13.6. The van der Waals surface area contributed by atoms with Gasteiger partial charge in [-0.25, -0.2) is 0 Å². The smallest absolute Gasteiger partial charge is 0.223 e. The second kappa shape index (κ2) is 7.63. The number of nitrogens with one attached hydrogen (secondary N) is 1. The number of likely N-dealkylation sites (N-methyl/N-ethyl adjacent to an activating group) is 1. The number of hydrogen-bond donors (Lipinski definition) is 1. The normalized spacial score (nSPS) is 20.8. The Bertz CT molecular complexity index is 203. The quantitative estimate of drug-likeness (QED) is 0.690. The first kappa shape index (κ1) is 13.5. The molecule has 1 amide bonds. The summed E-state index contributed by atoms with van der Waals surface area (Å²) in [5, 5.41) is 3.39. The molecular weight excluding hydrogens is 204 g/mol. The monoisotopic (exact) mass is 228 g/mol. The van der Waals surface area contributed by atoms with Gasteiger partial charge in [0.25, 0.3) is 0 Å². The van der Waals surface area contributed by atoms with Crippen LogP contribution in [0.4, 0.5) is 0 Å². The van der Waals surface area contributed by atoms with E-state index in [9.17, 15) is 4.79 Å². The van der Waals surface area contributed by atoms with Crippen LogP contribution in [0.3, 0.4) is 0 Å². The van der Waals surface area contributed by atoms with Crippen LogP contribution in [0.1, 0.15) is 32.6 Å². The van der Waals surface area contributed by atoms with Gasteiger partial charge in [0.1, 0.15) is 0 Å². The van der Waals surface area contributed by atoms with Gasteiger partial charge in [0, 0.05) is 32.7 Å². The van der Waals surface area contributed by atoms with Crippen molar-refractivity contribution in [1.82, 2.24) is 10.2 Å². The highest BCUT2D eigenvalue weighted by Gasteiger charge is 2.18. The minimum absolute atomic E-state index is 0.221. The highest BCUT2D eigenvalue weighted by atomic mass is 16.5. The number of carbonyl (C=O) groups excluding carboxylic acids is 1. The van der Waals surface area contributed by atoms with Crippen LogP contribution in [0.25, 0.3) is 0 Å². The number of amides is 1. The van der Waals surface area contributed by atoms with Crippen molar-refractivity contribution in [3.05, 3.63) is 0 Å². The van der Waals surface area contributed by atoms with Crippen molar-refractivity contribution < 1.29 is 9.53 Å². The van der Waals surface area contributed by atoms with Crippen molar-refractivity contribution in [2.45, 2.75) is 38.6 Å². The van der Waals surface area contributed by atoms with Crippen LogP contribution in [0.2, 0.25) is 0 Å². The van der Waals surface area contributed by atoms with Crippen LogP contribution in [-0.4, -0.2) is 50.2 Å². The van der Waals surface area contributed by atoms with Crippen LogP contribution >= 0.6 is 0 Å². The highest BCUT2D eigenvalue weighted by molar-refractivity contribution is 5.76. The lowest BCUT2D eigenvalue weighted by molar-refractivity contribution is -0.131. The van der Waals surface area contributed by atoms with E-state index in [4.69, 9.17) is 4.74 Å². The lowest BCUT2D eigenvalue weighted by atomic mass is 10.0. The first-order chi connectivity index (χ1) is 7.74. The Morgan fingerprint density at radius 1 is 1.50 bits per heavy atom. The summed E-state index contributed by atoms with van der Waals surface area (Å²) in [5.41, 5.74) is 0. The molecule has 1 atom stereocenters. The first-order valence-corrected chi connectivity index (χ1v) is 6.29. The summed E-state index contributed by atoms with van der Waals surface area (Å²) in [7, 11) is 1.85. The van der Waals surface area contributed by atoms with Crippen LogP contribution < -0.4 is 5.32 Å². The van der Waals surface area contributed by atoms with E-state index in [1.165, 1.54) is 12.8 Å². The number of ether oxygens (including phenoxy) is 1. The summed E-state index contributed by atoms with van der Waals surface area (Å²) >= 11 is 0. The summed E-state index contributed by atoms with van der Waals surface area (Å²) in [6, 6.07) is 0.385. The Morgan fingerprint density at radius 3 is 2.94 bits per heavy atom. The Balaban J connectivity index is 2.16. The van der Waals surface area contributed by atoms with Gasteiger partial charge in [-0.3, -0.25) is 4.79 Å². The number of nitrogens with zero attached hydrogens (tertiary/aromatic N) is 1. The highest BCUT2D eigenvalue weighted by Crippen LogP contribution is 2.10. The topological polar surface area (TPSA) is 41.6 Å². The maximum Gasteiger partial charge on any atom is 0.223 e. The van der Waals surface area contributed by atoms with Gasteiger partial charge in [-0.05, 0) is 26.3 Å². The fourth-order valence-corrected chi connectivity index (χ4v) is 1.94. The van der Waals surface area contributed by atoms with E-state index in [2.05, 4.69) is 5.32 Å². The molecule has 0 spiro atoms. The van der Waals surface area contributed by atoms with Crippen molar-refractivity contribution in [2.24, 2.45) is 0 Å². The zero-order valence-corrected chi connectivity index (χ0v) is 10.5. The van der Waals surface area contributed by atoms with E-state index in [1.54, 1.807) is 4.90 Å². The summed E-state index contributed by atoms with van der Waals surface area (Å²) < 4.78 is 5.23. The zero-order chi connectivity index (χ0) is 11.8. The fraction of sp³-hybridized carbons (Fsp3) is 0.917. The third kappa shape index (κ3) is 4.94. The minimum atomic E-state index is 0.221. The molecule has 0 bridgehead atoms. The predicted molar refractivity (Wildman–Crippen MR) is 64.4 cm³/mol. The fourth-order valence-electron chi connectivity index (χ4n) is 1.94. The predicted octanol–water partition coefficient (Wildman–Crippen LogP) is 1.01. The summed E-state index contributed by atoms with van der Waals surface area (Å²) in [5.74, 6) is 0.221. The average molecular weight is 228 g/mol.